The van der Waals surface area contributed by atoms with E-state index >= 15 is 0 Å². The number of aryl methyl sites for hydroxylation is 3. The highest BCUT2D eigenvalue weighted by atomic mass is 16.5. The second-order valence-corrected chi connectivity index (χ2v) is 5.68. The fourth-order valence-corrected chi connectivity index (χ4v) is 2.28. The lowest BCUT2D eigenvalue weighted by Gasteiger charge is -2.05. The molecule has 0 radical (unpaired) electrons. The summed E-state index contributed by atoms with van der Waals surface area (Å²) in [4.78, 5) is 32.1. The number of rotatable bonds is 4. The zero-order valence-corrected chi connectivity index (χ0v) is 14.1. The first-order valence-corrected chi connectivity index (χ1v) is 7.67. The van der Waals surface area contributed by atoms with Gasteiger partial charge in [0.2, 0.25) is 0 Å². The highest BCUT2D eigenvalue weighted by Crippen LogP contribution is 2.09. The molecule has 0 bridgehead atoms. The minimum Gasteiger partial charge on any atom is -0.450 e. The normalized spacial score (nSPS) is 10.7. The molecule has 8 heteroatoms. The Bertz CT molecular complexity index is 947. The molecule has 1 amide bonds. The average Bonchev–Trinajstić information content (AvgIpc) is 2.99. The second kappa shape index (κ2) is 6.68. The first-order chi connectivity index (χ1) is 11.9. The largest absolute Gasteiger partial charge is 0.450 e. The van der Waals surface area contributed by atoms with Crippen LogP contribution in [0.15, 0.2) is 30.3 Å². The highest BCUT2D eigenvalue weighted by molar-refractivity contribution is 5.94. The molecule has 0 fully saturated rings. The van der Waals surface area contributed by atoms with Gasteiger partial charge >= 0.3 is 5.97 Å². The van der Waals surface area contributed by atoms with Gasteiger partial charge in [-0.2, -0.15) is 4.98 Å². The van der Waals surface area contributed by atoms with Crippen molar-refractivity contribution in [3.63, 3.8) is 0 Å². The summed E-state index contributed by atoms with van der Waals surface area (Å²) in [5, 5.41) is 6.71. The molecule has 0 spiro atoms. The SMILES string of the molecule is Cc1ccc(NC(=O)COC(=O)c2nc3nc(C)cc(C)n3n2)cc1. The van der Waals surface area contributed by atoms with Crippen molar-refractivity contribution in [2.75, 3.05) is 11.9 Å². The summed E-state index contributed by atoms with van der Waals surface area (Å²) < 4.78 is 6.42. The van der Waals surface area contributed by atoms with Crippen molar-refractivity contribution < 1.29 is 14.3 Å². The molecule has 1 N–H and O–H groups in total. The van der Waals surface area contributed by atoms with Crippen LogP contribution in [0.4, 0.5) is 5.69 Å². The van der Waals surface area contributed by atoms with Gasteiger partial charge in [0.1, 0.15) is 0 Å². The topological polar surface area (TPSA) is 98.5 Å². The van der Waals surface area contributed by atoms with E-state index in [1.54, 1.807) is 12.1 Å². The molecule has 25 heavy (non-hydrogen) atoms. The van der Waals surface area contributed by atoms with Crippen molar-refractivity contribution in [1.29, 1.82) is 0 Å². The highest BCUT2D eigenvalue weighted by Gasteiger charge is 2.17. The lowest BCUT2D eigenvalue weighted by Crippen LogP contribution is -2.21. The van der Waals surface area contributed by atoms with Crippen LogP contribution in [0.1, 0.15) is 27.6 Å². The van der Waals surface area contributed by atoms with Gasteiger partial charge in [-0.05, 0) is 39.0 Å². The maximum Gasteiger partial charge on any atom is 0.378 e. The van der Waals surface area contributed by atoms with Gasteiger partial charge in [0.15, 0.2) is 6.61 Å². The fourth-order valence-electron chi connectivity index (χ4n) is 2.28. The molecule has 0 saturated carbocycles. The third-order valence-electron chi connectivity index (χ3n) is 3.47. The van der Waals surface area contributed by atoms with E-state index in [0.717, 1.165) is 17.0 Å². The number of nitrogens with zero attached hydrogens (tertiary/aromatic N) is 4. The van der Waals surface area contributed by atoms with Crippen molar-refractivity contribution in [1.82, 2.24) is 19.6 Å². The Labute approximate surface area is 143 Å². The van der Waals surface area contributed by atoms with Crippen LogP contribution in [0.2, 0.25) is 0 Å². The molecule has 0 aliphatic carbocycles. The van der Waals surface area contributed by atoms with Crippen molar-refractivity contribution >= 4 is 23.3 Å². The van der Waals surface area contributed by atoms with Gasteiger partial charge in [0.25, 0.3) is 17.5 Å². The predicted octanol–water partition coefficient (Wildman–Crippen LogP) is 1.85. The molecule has 0 saturated heterocycles. The molecular weight excluding hydrogens is 322 g/mol. The van der Waals surface area contributed by atoms with E-state index in [1.807, 2.05) is 39.0 Å². The molecule has 2 heterocycles. The van der Waals surface area contributed by atoms with Crippen LogP contribution in [-0.4, -0.2) is 38.1 Å². The smallest absolute Gasteiger partial charge is 0.378 e. The molecule has 128 valence electrons. The average molecular weight is 339 g/mol. The summed E-state index contributed by atoms with van der Waals surface area (Å²) in [6, 6.07) is 9.12. The van der Waals surface area contributed by atoms with E-state index < -0.39 is 18.5 Å². The van der Waals surface area contributed by atoms with Crippen LogP contribution in [0.3, 0.4) is 0 Å². The van der Waals surface area contributed by atoms with Crippen LogP contribution in [0, 0.1) is 20.8 Å². The quantitative estimate of drug-likeness (QED) is 0.728. The van der Waals surface area contributed by atoms with Crippen molar-refractivity contribution in [3.8, 4) is 0 Å². The number of anilines is 1. The first-order valence-electron chi connectivity index (χ1n) is 7.67. The van der Waals surface area contributed by atoms with Crippen molar-refractivity contribution in [3.05, 3.63) is 53.1 Å². The number of benzene rings is 1. The summed E-state index contributed by atoms with van der Waals surface area (Å²) in [5.74, 6) is -1.04. The number of ether oxygens (including phenoxy) is 1. The Morgan fingerprint density at radius 3 is 2.56 bits per heavy atom. The Balaban J connectivity index is 1.63. The molecule has 0 aliphatic rings. The molecule has 3 rings (SSSR count). The second-order valence-electron chi connectivity index (χ2n) is 5.68. The van der Waals surface area contributed by atoms with Crippen molar-refractivity contribution in [2.45, 2.75) is 20.8 Å². The van der Waals surface area contributed by atoms with Crippen LogP contribution in [0.5, 0.6) is 0 Å². The Kier molecular flexibility index (Phi) is 4.42. The number of aromatic nitrogens is 4. The lowest BCUT2D eigenvalue weighted by atomic mass is 10.2. The minimum absolute atomic E-state index is 0.135. The first kappa shape index (κ1) is 16.6. The number of amides is 1. The number of hydrogen-bond acceptors (Lipinski definition) is 6. The molecule has 0 unspecified atom stereocenters. The predicted molar refractivity (Wildman–Crippen MR) is 90.3 cm³/mol. The Morgan fingerprint density at radius 2 is 1.84 bits per heavy atom. The lowest BCUT2D eigenvalue weighted by molar-refractivity contribution is -0.119. The van der Waals surface area contributed by atoms with Gasteiger partial charge in [-0.3, -0.25) is 4.79 Å². The molecular formula is C17H17N5O3. The van der Waals surface area contributed by atoms with Crippen LogP contribution < -0.4 is 5.32 Å². The molecule has 1 aromatic carbocycles. The zero-order valence-electron chi connectivity index (χ0n) is 14.1. The molecule has 0 atom stereocenters. The van der Waals surface area contributed by atoms with Crippen molar-refractivity contribution in [2.24, 2.45) is 0 Å². The molecule has 0 aliphatic heterocycles. The summed E-state index contributed by atoms with van der Waals surface area (Å²) in [7, 11) is 0. The maximum absolute atomic E-state index is 12.0. The van der Waals surface area contributed by atoms with Crippen LogP contribution >= 0.6 is 0 Å². The summed E-state index contributed by atoms with van der Waals surface area (Å²) in [5.41, 5.74) is 3.29. The Morgan fingerprint density at radius 1 is 1.12 bits per heavy atom. The minimum atomic E-state index is -0.776. The van der Waals surface area contributed by atoms with Gasteiger partial charge in [0.05, 0.1) is 0 Å². The monoisotopic (exact) mass is 339 g/mol. The van der Waals surface area contributed by atoms with Gasteiger partial charge in [-0.25, -0.2) is 14.3 Å². The van der Waals surface area contributed by atoms with Crippen LogP contribution in [-0.2, 0) is 9.53 Å². The van der Waals surface area contributed by atoms with E-state index in [1.165, 1.54) is 4.52 Å². The number of fused-ring (bicyclic) bond motifs is 1. The van der Waals surface area contributed by atoms with Gasteiger partial charge in [-0.1, -0.05) is 17.7 Å². The van der Waals surface area contributed by atoms with Gasteiger partial charge in [-0.15, -0.1) is 5.10 Å². The maximum atomic E-state index is 12.0. The van der Waals surface area contributed by atoms with Gasteiger partial charge < -0.3 is 10.1 Å². The summed E-state index contributed by atoms with van der Waals surface area (Å²) >= 11 is 0. The Hall–Kier alpha value is -3.29. The number of nitrogens with one attached hydrogen (secondary N) is 1. The summed E-state index contributed by atoms with van der Waals surface area (Å²) in [6.07, 6.45) is 0. The van der Waals surface area contributed by atoms with E-state index in [0.29, 0.717) is 11.5 Å². The number of hydrogen-bond donors (Lipinski definition) is 1. The van der Waals surface area contributed by atoms with E-state index in [2.05, 4.69) is 20.4 Å². The standard InChI is InChI=1S/C17H17N5O3/c1-10-4-6-13(7-5-10)19-14(23)9-25-16(24)15-20-17-18-11(2)8-12(3)22(17)21-15/h4-8H,9H2,1-3H3,(H,19,23). The number of esters is 1. The van der Waals surface area contributed by atoms with E-state index in [4.69, 9.17) is 4.74 Å². The molecule has 2 aromatic heterocycles. The number of carbonyl (C=O) groups excluding carboxylic acids is 2. The molecule has 3 aromatic rings. The third-order valence-corrected chi connectivity index (χ3v) is 3.47. The zero-order chi connectivity index (χ0) is 18.0. The van der Waals surface area contributed by atoms with Crippen LogP contribution in [0.25, 0.3) is 5.78 Å². The van der Waals surface area contributed by atoms with E-state index in [-0.39, 0.29) is 5.82 Å². The number of carbonyl (C=O) groups is 2. The van der Waals surface area contributed by atoms with E-state index in [9.17, 15) is 9.59 Å². The van der Waals surface area contributed by atoms with Gasteiger partial charge in [0, 0.05) is 17.1 Å². The molecule has 8 nitrogen and oxygen atoms in total. The summed E-state index contributed by atoms with van der Waals surface area (Å²) in [6.45, 7) is 5.19. The fraction of sp³-hybridized carbons (Fsp3) is 0.235. The third kappa shape index (κ3) is 3.79.